The molecule has 8 nitrogen and oxygen atoms in total. The molecule has 2 aliphatic rings. The third kappa shape index (κ3) is 5.58. The van der Waals surface area contributed by atoms with Gasteiger partial charge in [0, 0.05) is 19.2 Å². The summed E-state index contributed by atoms with van der Waals surface area (Å²) in [5, 5.41) is 2.90. The van der Waals surface area contributed by atoms with E-state index in [1.54, 1.807) is 18.3 Å². The van der Waals surface area contributed by atoms with Crippen molar-refractivity contribution in [1.82, 2.24) is 10.3 Å². The van der Waals surface area contributed by atoms with Crippen LogP contribution < -0.4 is 10.1 Å². The molecule has 1 fully saturated rings. The molecule has 1 unspecified atom stereocenters. The van der Waals surface area contributed by atoms with Gasteiger partial charge in [-0.1, -0.05) is 54.6 Å². The van der Waals surface area contributed by atoms with Crippen LogP contribution in [0.5, 0.6) is 5.88 Å². The van der Waals surface area contributed by atoms with Crippen molar-refractivity contribution in [2.45, 2.75) is 44.4 Å². The van der Waals surface area contributed by atoms with Crippen molar-refractivity contribution < 1.29 is 28.5 Å². The van der Waals surface area contributed by atoms with Crippen molar-refractivity contribution in [1.29, 1.82) is 0 Å². The van der Waals surface area contributed by atoms with Gasteiger partial charge < -0.3 is 24.3 Å². The minimum Gasteiger partial charge on any atom is -0.465 e. The minimum absolute atomic E-state index is 0.121. The van der Waals surface area contributed by atoms with Gasteiger partial charge in [0.25, 0.3) is 5.91 Å². The third-order valence-electron chi connectivity index (χ3n) is 6.40. The highest BCUT2D eigenvalue weighted by Gasteiger charge is 2.52. The Morgan fingerprint density at radius 3 is 2.54 bits per heavy atom. The van der Waals surface area contributed by atoms with Gasteiger partial charge in [0.2, 0.25) is 12.2 Å². The number of ether oxygens (including phenoxy) is 4. The van der Waals surface area contributed by atoms with Crippen LogP contribution >= 0.6 is 0 Å². The van der Waals surface area contributed by atoms with E-state index in [0.717, 1.165) is 29.5 Å². The molecule has 0 radical (unpaired) electrons. The number of pyridine rings is 1. The second kappa shape index (κ2) is 10.7. The van der Waals surface area contributed by atoms with E-state index in [9.17, 15) is 9.59 Å². The molecule has 2 heterocycles. The molecule has 2 aromatic carbocycles. The molecule has 1 aromatic heterocycles. The van der Waals surface area contributed by atoms with E-state index in [2.05, 4.69) is 10.3 Å². The number of rotatable bonds is 10. The number of carbonyl (C=O) groups is 2. The number of hydrogen-bond donors (Lipinski definition) is 1. The molecule has 190 valence electrons. The van der Waals surface area contributed by atoms with Crippen LogP contribution in [0.3, 0.4) is 0 Å². The normalized spacial score (nSPS) is 17.1. The highest BCUT2D eigenvalue weighted by molar-refractivity contribution is 5.96. The number of hydrogen-bond acceptors (Lipinski definition) is 7. The highest BCUT2D eigenvalue weighted by Crippen LogP contribution is 2.49. The van der Waals surface area contributed by atoms with Crippen molar-refractivity contribution in [2.24, 2.45) is 0 Å². The molecule has 1 N–H and O–H groups in total. The van der Waals surface area contributed by atoms with E-state index in [1.807, 2.05) is 61.5 Å². The summed E-state index contributed by atoms with van der Waals surface area (Å²) < 4.78 is 22.3. The molecular weight excluding hydrogens is 472 g/mol. The van der Waals surface area contributed by atoms with Gasteiger partial charge >= 0.3 is 11.9 Å². The van der Waals surface area contributed by atoms with Crippen LogP contribution in [0.25, 0.3) is 0 Å². The van der Waals surface area contributed by atoms with E-state index < -0.39 is 11.7 Å². The molecule has 0 saturated heterocycles. The average molecular weight is 501 g/mol. The molecular formula is C29H28N2O6. The molecule has 0 bridgehead atoms. The number of amides is 1. The fourth-order valence-corrected chi connectivity index (χ4v) is 4.23. The van der Waals surface area contributed by atoms with Crippen LogP contribution in [0, 0.1) is 0 Å². The van der Waals surface area contributed by atoms with Gasteiger partial charge in [-0.2, -0.15) is 0 Å². The first-order chi connectivity index (χ1) is 18.1. The Morgan fingerprint density at radius 2 is 1.81 bits per heavy atom. The summed E-state index contributed by atoms with van der Waals surface area (Å²) in [5.74, 6) is -0.244. The lowest BCUT2D eigenvalue weighted by molar-refractivity contribution is -0.146. The third-order valence-corrected chi connectivity index (χ3v) is 6.40. The van der Waals surface area contributed by atoms with Gasteiger partial charge in [-0.3, -0.25) is 9.59 Å². The predicted molar refractivity (Wildman–Crippen MR) is 134 cm³/mol. The van der Waals surface area contributed by atoms with Gasteiger partial charge in [0.15, 0.2) is 6.26 Å². The smallest absolute Gasteiger partial charge is 0.325 e. The predicted octanol–water partition coefficient (Wildman–Crippen LogP) is 4.40. The zero-order valence-electron chi connectivity index (χ0n) is 20.5. The van der Waals surface area contributed by atoms with Crippen LogP contribution in [-0.2, 0) is 37.4 Å². The maximum absolute atomic E-state index is 12.9. The molecule has 37 heavy (non-hydrogen) atoms. The second-order valence-electron chi connectivity index (χ2n) is 8.95. The summed E-state index contributed by atoms with van der Waals surface area (Å²) in [6.07, 6.45) is 4.56. The number of benzene rings is 2. The highest BCUT2D eigenvalue weighted by atomic mass is 16.8. The first-order valence-corrected chi connectivity index (χ1v) is 12.3. The van der Waals surface area contributed by atoms with Crippen molar-refractivity contribution in [2.75, 3.05) is 6.61 Å². The fourth-order valence-electron chi connectivity index (χ4n) is 4.23. The molecule has 5 rings (SSSR count). The molecule has 3 aromatic rings. The maximum atomic E-state index is 12.9. The van der Waals surface area contributed by atoms with Crippen molar-refractivity contribution in [3.63, 3.8) is 0 Å². The van der Waals surface area contributed by atoms with E-state index in [4.69, 9.17) is 18.9 Å². The first kappa shape index (κ1) is 24.4. The standard InChI is InChI=1S/C29H28N2O6/c1-2-34-28(33)29(14-15-29)22-12-10-21(11-13-22)18-31-26(32)23-9-6-16-30-27(23)37-25-19-35-24(36-25)17-20-7-4-3-5-8-20/h3-13,16,19,24H,2,14-15,17-18H2,1H3,(H,31,32). The van der Waals surface area contributed by atoms with E-state index >= 15 is 0 Å². The van der Waals surface area contributed by atoms with Gasteiger partial charge in [0.1, 0.15) is 5.56 Å². The van der Waals surface area contributed by atoms with Crippen molar-refractivity contribution in [3.8, 4) is 5.88 Å². The monoisotopic (exact) mass is 500 g/mol. The van der Waals surface area contributed by atoms with Crippen LogP contribution in [0.15, 0.2) is 85.1 Å². The molecule has 1 saturated carbocycles. The lowest BCUT2D eigenvalue weighted by Crippen LogP contribution is -2.24. The van der Waals surface area contributed by atoms with Crippen molar-refractivity contribution >= 4 is 11.9 Å². The number of nitrogens with zero attached hydrogens (tertiary/aromatic N) is 1. The topological polar surface area (TPSA) is 96.0 Å². The Labute approximate surface area is 215 Å². The van der Waals surface area contributed by atoms with Crippen molar-refractivity contribution in [3.05, 3.63) is 107 Å². The molecule has 1 atom stereocenters. The summed E-state index contributed by atoms with van der Waals surface area (Å²) in [6, 6.07) is 20.8. The molecule has 8 heteroatoms. The minimum atomic E-state index is -0.514. The molecule has 1 aliphatic carbocycles. The summed E-state index contributed by atoms with van der Waals surface area (Å²) in [4.78, 5) is 29.5. The molecule has 0 spiro atoms. The summed E-state index contributed by atoms with van der Waals surface area (Å²) in [6.45, 7) is 2.49. The largest absolute Gasteiger partial charge is 0.465 e. The van der Waals surface area contributed by atoms with E-state index in [0.29, 0.717) is 19.6 Å². The molecule has 1 aliphatic heterocycles. The van der Waals surface area contributed by atoms with Crippen LogP contribution in [0.4, 0.5) is 0 Å². The fraction of sp³-hybridized carbons (Fsp3) is 0.276. The average Bonchev–Trinajstić information content (AvgIpc) is 3.63. The summed E-state index contributed by atoms with van der Waals surface area (Å²) >= 11 is 0. The Hall–Kier alpha value is -4.33. The number of esters is 1. The van der Waals surface area contributed by atoms with Gasteiger partial charge in [-0.05, 0) is 48.6 Å². The lowest BCUT2D eigenvalue weighted by atomic mass is 9.95. The quantitative estimate of drug-likeness (QED) is 0.412. The lowest BCUT2D eigenvalue weighted by Gasteiger charge is -2.15. The van der Waals surface area contributed by atoms with Gasteiger partial charge in [-0.25, -0.2) is 4.98 Å². The Balaban J connectivity index is 1.17. The molecule has 1 amide bonds. The van der Waals surface area contributed by atoms with Gasteiger partial charge in [-0.15, -0.1) is 0 Å². The first-order valence-electron chi connectivity index (χ1n) is 12.3. The number of nitrogens with one attached hydrogen (secondary N) is 1. The second-order valence-corrected chi connectivity index (χ2v) is 8.95. The summed E-state index contributed by atoms with van der Waals surface area (Å²) in [5.41, 5.74) is 2.68. The maximum Gasteiger partial charge on any atom is 0.325 e. The Bertz CT molecular complexity index is 1290. The van der Waals surface area contributed by atoms with Gasteiger partial charge in [0.05, 0.1) is 12.0 Å². The number of carbonyl (C=O) groups excluding carboxylic acids is 2. The SMILES string of the molecule is CCOC(=O)C1(c2ccc(CNC(=O)c3cccnc3OC3=COC(Cc4ccccc4)O3)cc2)CC1. The Kier molecular flexibility index (Phi) is 7.07. The van der Waals surface area contributed by atoms with Crippen LogP contribution in [-0.4, -0.2) is 29.8 Å². The zero-order valence-corrected chi connectivity index (χ0v) is 20.5. The number of aromatic nitrogens is 1. The van der Waals surface area contributed by atoms with E-state index in [-0.39, 0.29) is 29.3 Å². The van der Waals surface area contributed by atoms with Crippen LogP contribution in [0.1, 0.15) is 46.8 Å². The Morgan fingerprint density at radius 1 is 1.03 bits per heavy atom. The summed E-state index contributed by atoms with van der Waals surface area (Å²) in [7, 11) is 0. The van der Waals surface area contributed by atoms with Crippen LogP contribution in [0.2, 0.25) is 0 Å². The zero-order chi connectivity index (χ0) is 25.7. The van der Waals surface area contributed by atoms with E-state index in [1.165, 1.54) is 6.26 Å².